The number of Topliss-reactive ketones (excluding diaryl/α,β-unsaturated/α-hetero) is 1. The van der Waals surface area contributed by atoms with Gasteiger partial charge < -0.3 is 14.6 Å². The van der Waals surface area contributed by atoms with Crippen LogP contribution in [0.25, 0.3) is 10.2 Å². The van der Waals surface area contributed by atoms with Crippen LogP contribution in [0.15, 0.2) is 47.5 Å². The average Bonchev–Trinajstić information content (AvgIpc) is 3.03. The SMILES string of the molecule is COC(=O)Cn1c(=NC(=O)c2ccc(C(C)=O)cc2)sc2cc(NC(C)=O)ccc21. The molecule has 1 heterocycles. The molecular formula is C21H19N3O5S. The highest BCUT2D eigenvalue weighted by Gasteiger charge is 2.13. The zero-order chi connectivity index (χ0) is 21.8. The number of thiazole rings is 1. The van der Waals surface area contributed by atoms with E-state index in [0.717, 1.165) is 4.70 Å². The van der Waals surface area contributed by atoms with Crippen molar-refractivity contribution in [3.63, 3.8) is 0 Å². The number of carbonyl (C=O) groups excluding carboxylic acids is 4. The minimum absolute atomic E-state index is 0.0960. The van der Waals surface area contributed by atoms with Crippen LogP contribution >= 0.6 is 11.3 Å². The van der Waals surface area contributed by atoms with E-state index in [0.29, 0.717) is 27.1 Å². The fraction of sp³-hybridized carbons (Fsp3) is 0.190. The van der Waals surface area contributed by atoms with Gasteiger partial charge in [0.2, 0.25) is 5.91 Å². The van der Waals surface area contributed by atoms with Gasteiger partial charge in [-0.15, -0.1) is 0 Å². The van der Waals surface area contributed by atoms with Crippen molar-refractivity contribution in [2.75, 3.05) is 12.4 Å². The maximum Gasteiger partial charge on any atom is 0.325 e. The number of ether oxygens (including phenoxy) is 1. The summed E-state index contributed by atoms with van der Waals surface area (Å²) in [6.07, 6.45) is 0. The molecule has 0 atom stereocenters. The Hall–Kier alpha value is -3.59. The lowest BCUT2D eigenvalue weighted by molar-refractivity contribution is -0.141. The maximum absolute atomic E-state index is 12.7. The normalized spacial score (nSPS) is 11.4. The number of aromatic nitrogens is 1. The van der Waals surface area contributed by atoms with Crippen molar-refractivity contribution in [1.82, 2.24) is 4.57 Å². The maximum atomic E-state index is 12.7. The number of nitrogens with zero attached hydrogens (tertiary/aromatic N) is 2. The van der Waals surface area contributed by atoms with E-state index >= 15 is 0 Å². The first-order valence-electron chi connectivity index (χ1n) is 8.96. The molecule has 154 valence electrons. The molecule has 3 rings (SSSR count). The summed E-state index contributed by atoms with van der Waals surface area (Å²) in [4.78, 5) is 51.8. The molecule has 8 nitrogen and oxygen atoms in total. The van der Waals surface area contributed by atoms with E-state index in [-0.39, 0.29) is 18.2 Å². The lowest BCUT2D eigenvalue weighted by Gasteiger charge is -2.05. The molecule has 0 fully saturated rings. The molecule has 0 spiro atoms. The van der Waals surface area contributed by atoms with Crippen molar-refractivity contribution in [2.24, 2.45) is 4.99 Å². The fourth-order valence-corrected chi connectivity index (χ4v) is 3.85. The smallest absolute Gasteiger partial charge is 0.325 e. The van der Waals surface area contributed by atoms with Gasteiger partial charge in [0.15, 0.2) is 10.6 Å². The standard InChI is InChI=1S/C21H19N3O5S/c1-12(25)14-4-6-15(7-5-14)20(28)23-21-24(11-19(27)29-3)17-9-8-16(22-13(2)26)10-18(17)30-21/h4-10H,11H2,1-3H3,(H,22,26). The van der Waals surface area contributed by atoms with Crippen LogP contribution in [0.1, 0.15) is 34.6 Å². The number of anilines is 1. The molecule has 2 amide bonds. The summed E-state index contributed by atoms with van der Waals surface area (Å²) in [5.74, 6) is -1.29. The molecule has 0 aliphatic rings. The highest BCUT2D eigenvalue weighted by atomic mass is 32.1. The minimum atomic E-state index is -0.502. The average molecular weight is 425 g/mol. The van der Waals surface area contributed by atoms with E-state index < -0.39 is 11.9 Å². The zero-order valence-corrected chi connectivity index (χ0v) is 17.4. The van der Waals surface area contributed by atoms with Crippen LogP contribution in [0.2, 0.25) is 0 Å². The van der Waals surface area contributed by atoms with Crippen molar-refractivity contribution >= 4 is 50.8 Å². The predicted octanol–water partition coefficient (Wildman–Crippen LogP) is 2.78. The van der Waals surface area contributed by atoms with Gasteiger partial charge in [0.1, 0.15) is 6.54 Å². The molecule has 0 aliphatic heterocycles. The number of rotatable bonds is 5. The Morgan fingerprint density at radius 3 is 2.30 bits per heavy atom. The van der Waals surface area contributed by atoms with Crippen LogP contribution in [0.3, 0.4) is 0 Å². The number of hydrogen-bond donors (Lipinski definition) is 1. The zero-order valence-electron chi connectivity index (χ0n) is 16.6. The van der Waals surface area contributed by atoms with Gasteiger partial charge in [-0.25, -0.2) is 0 Å². The van der Waals surface area contributed by atoms with Crippen LogP contribution in [0, 0.1) is 0 Å². The lowest BCUT2D eigenvalue weighted by Crippen LogP contribution is -2.22. The van der Waals surface area contributed by atoms with Crippen molar-refractivity contribution in [3.05, 3.63) is 58.4 Å². The minimum Gasteiger partial charge on any atom is -0.468 e. The van der Waals surface area contributed by atoms with E-state index in [1.54, 1.807) is 34.9 Å². The Kier molecular flexibility index (Phi) is 6.22. The molecule has 0 bridgehead atoms. The molecule has 0 saturated carbocycles. The second-order valence-corrected chi connectivity index (χ2v) is 7.47. The molecule has 0 radical (unpaired) electrons. The number of hydrogen-bond acceptors (Lipinski definition) is 6. The third-order valence-electron chi connectivity index (χ3n) is 4.25. The third-order valence-corrected chi connectivity index (χ3v) is 5.29. The topological polar surface area (TPSA) is 107 Å². The van der Waals surface area contributed by atoms with Gasteiger partial charge in [-0.3, -0.25) is 19.2 Å². The molecule has 2 aromatic carbocycles. The second-order valence-electron chi connectivity index (χ2n) is 6.46. The van der Waals surface area contributed by atoms with Crippen molar-refractivity contribution in [3.8, 4) is 0 Å². The second kappa shape index (κ2) is 8.83. The molecular weight excluding hydrogens is 406 g/mol. The number of carbonyl (C=O) groups is 4. The van der Waals surface area contributed by atoms with Gasteiger partial charge in [-0.05, 0) is 37.3 Å². The van der Waals surface area contributed by atoms with Crippen molar-refractivity contribution in [2.45, 2.75) is 20.4 Å². The molecule has 0 aliphatic carbocycles. The monoisotopic (exact) mass is 425 g/mol. The Labute approximate surface area is 175 Å². The van der Waals surface area contributed by atoms with Gasteiger partial charge >= 0.3 is 5.97 Å². The van der Waals surface area contributed by atoms with Crippen LogP contribution in [-0.4, -0.2) is 35.2 Å². The summed E-state index contributed by atoms with van der Waals surface area (Å²) in [7, 11) is 1.28. The Morgan fingerprint density at radius 1 is 1.03 bits per heavy atom. The van der Waals surface area contributed by atoms with E-state index in [9.17, 15) is 19.2 Å². The van der Waals surface area contributed by atoms with E-state index in [1.807, 2.05) is 0 Å². The number of ketones is 1. The molecule has 1 N–H and O–H groups in total. The van der Waals surface area contributed by atoms with E-state index in [4.69, 9.17) is 4.74 Å². The predicted molar refractivity (Wildman–Crippen MR) is 112 cm³/mol. The molecule has 0 unspecified atom stereocenters. The number of nitrogens with one attached hydrogen (secondary N) is 1. The van der Waals surface area contributed by atoms with Gasteiger partial charge in [-0.1, -0.05) is 23.5 Å². The molecule has 0 saturated heterocycles. The number of fused-ring (bicyclic) bond motifs is 1. The Balaban J connectivity index is 2.08. The summed E-state index contributed by atoms with van der Waals surface area (Å²) in [6, 6.07) is 11.4. The van der Waals surface area contributed by atoms with Gasteiger partial charge in [0, 0.05) is 23.7 Å². The van der Waals surface area contributed by atoms with Crippen LogP contribution < -0.4 is 10.1 Å². The molecule has 9 heteroatoms. The van der Waals surface area contributed by atoms with Gasteiger partial charge in [0.05, 0.1) is 17.3 Å². The summed E-state index contributed by atoms with van der Waals surface area (Å²) < 4.78 is 7.09. The number of benzene rings is 2. The Morgan fingerprint density at radius 2 is 1.70 bits per heavy atom. The quantitative estimate of drug-likeness (QED) is 0.500. The van der Waals surface area contributed by atoms with Crippen molar-refractivity contribution < 1.29 is 23.9 Å². The van der Waals surface area contributed by atoms with Gasteiger partial charge in [0.25, 0.3) is 5.91 Å². The third kappa shape index (κ3) is 4.69. The summed E-state index contributed by atoms with van der Waals surface area (Å²) in [6.45, 7) is 2.74. The number of amides is 2. The highest BCUT2D eigenvalue weighted by Crippen LogP contribution is 2.22. The Bertz CT molecular complexity index is 1220. The molecule has 1 aromatic heterocycles. The largest absolute Gasteiger partial charge is 0.468 e. The van der Waals surface area contributed by atoms with Crippen LogP contribution in [0.5, 0.6) is 0 Å². The number of esters is 1. The first kappa shape index (κ1) is 21.1. The summed E-state index contributed by atoms with van der Waals surface area (Å²) >= 11 is 1.21. The van der Waals surface area contributed by atoms with Crippen LogP contribution in [-0.2, 0) is 20.9 Å². The molecule has 30 heavy (non-hydrogen) atoms. The summed E-state index contributed by atoms with van der Waals surface area (Å²) in [5, 5.41) is 2.70. The first-order chi connectivity index (χ1) is 14.3. The highest BCUT2D eigenvalue weighted by molar-refractivity contribution is 7.16. The fourth-order valence-electron chi connectivity index (χ4n) is 2.78. The van der Waals surface area contributed by atoms with E-state index in [2.05, 4.69) is 10.3 Å². The van der Waals surface area contributed by atoms with E-state index in [1.165, 1.54) is 44.4 Å². The lowest BCUT2D eigenvalue weighted by atomic mass is 10.1. The number of methoxy groups -OCH3 is 1. The van der Waals surface area contributed by atoms with Gasteiger partial charge in [-0.2, -0.15) is 4.99 Å². The first-order valence-corrected chi connectivity index (χ1v) is 9.78. The molecule has 3 aromatic rings. The summed E-state index contributed by atoms with van der Waals surface area (Å²) in [5.41, 5.74) is 2.10. The van der Waals surface area contributed by atoms with Crippen molar-refractivity contribution in [1.29, 1.82) is 0 Å². The van der Waals surface area contributed by atoms with Crippen LogP contribution in [0.4, 0.5) is 5.69 Å².